The Kier molecular flexibility index (Phi) is 7.69. The fraction of sp³-hybridized carbons (Fsp3) is 0.250. The van der Waals surface area contributed by atoms with Crippen molar-refractivity contribution in [2.45, 2.75) is 26.4 Å². The molecule has 0 fully saturated rings. The molecule has 0 spiro atoms. The molecule has 0 unspecified atom stereocenters. The number of fused-ring (bicyclic) bond motifs is 1. The van der Waals surface area contributed by atoms with E-state index in [4.69, 9.17) is 4.74 Å². The minimum atomic E-state index is -0.255. The lowest BCUT2D eigenvalue weighted by Gasteiger charge is -2.26. The molecule has 1 amide bonds. The maximum atomic E-state index is 12.4. The van der Waals surface area contributed by atoms with E-state index in [-0.39, 0.29) is 24.9 Å². The molecule has 31 heavy (non-hydrogen) atoms. The van der Waals surface area contributed by atoms with E-state index >= 15 is 0 Å². The SMILES string of the molecule is Cc1ccccc1OCC(=O)Nc1sc2c(c1C#N)CCN(Cc1ccccc1)C2.Cl. The van der Waals surface area contributed by atoms with Gasteiger partial charge in [-0.05, 0) is 36.1 Å². The summed E-state index contributed by atoms with van der Waals surface area (Å²) in [6.07, 6.45) is 0.817. The van der Waals surface area contributed by atoms with Crippen LogP contribution in [0.25, 0.3) is 0 Å². The average molecular weight is 454 g/mol. The predicted molar refractivity (Wildman–Crippen MR) is 126 cm³/mol. The first-order valence-corrected chi connectivity index (χ1v) is 10.7. The lowest BCUT2D eigenvalue weighted by molar-refractivity contribution is -0.118. The molecule has 4 rings (SSSR count). The van der Waals surface area contributed by atoms with Gasteiger partial charge in [0, 0.05) is 24.5 Å². The summed E-state index contributed by atoms with van der Waals surface area (Å²) in [5.41, 5.74) is 3.92. The van der Waals surface area contributed by atoms with E-state index in [1.54, 1.807) is 0 Å². The molecule has 160 valence electrons. The van der Waals surface area contributed by atoms with Crippen molar-refractivity contribution in [3.05, 3.63) is 81.7 Å². The molecule has 0 aliphatic carbocycles. The van der Waals surface area contributed by atoms with Gasteiger partial charge in [0.2, 0.25) is 0 Å². The van der Waals surface area contributed by atoms with Crippen molar-refractivity contribution in [1.29, 1.82) is 5.26 Å². The van der Waals surface area contributed by atoms with Gasteiger partial charge in [0.1, 0.15) is 16.8 Å². The highest BCUT2D eigenvalue weighted by molar-refractivity contribution is 7.16. The highest BCUT2D eigenvalue weighted by atomic mass is 35.5. The maximum Gasteiger partial charge on any atom is 0.262 e. The fourth-order valence-corrected chi connectivity index (χ4v) is 4.92. The summed E-state index contributed by atoms with van der Waals surface area (Å²) < 4.78 is 5.63. The Morgan fingerprint density at radius 2 is 1.94 bits per heavy atom. The first kappa shape index (κ1) is 22.8. The number of halogens is 1. The molecular formula is C24H24ClN3O2S. The highest BCUT2D eigenvalue weighted by Crippen LogP contribution is 2.37. The number of thiophene rings is 1. The van der Waals surface area contributed by atoms with E-state index in [2.05, 4.69) is 40.6 Å². The number of amides is 1. The van der Waals surface area contributed by atoms with E-state index in [1.807, 2.05) is 37.3 Å². The Balaban J connectivity index is 0.00000272. The van der Waals surface area contributed by atoms with Gasteiger partial charge in [-0.15, -0.1) is 23.7 Å². The smallest absolute Gasteiger partial charge is 0.262 e. The van der Waals surface area contributed by atoms with Gasteiger partial charge in [-0.1, -0.05) is 48.5 Å². The van der Waals surface area contributed by atoms with Crippen LogP contribution < -0.4 is 10.1 Å². The third-order valence-corrected chi connectivity index (χ3v) is 6.33. The standard InChI is InChI=1S/C24H23N3O2S.ClH/c1-17-7-5-6-10-21(17)29-16-23(28)26-24-20(13-25)19-11-12-27(15-22(19)30-24)14-18-8-3-2-4-9-18;/h2-10H,11-12,14-16H2,1H3,(H,26,28);1H. The van der Waals surface area contributed by atoms with Crippen molar-refractivity contribution in [3.63, 3.8) is 0 Å². The van der Waals surface area contributed by atoms with Gasteiger partial charge >= 0.3 is 0 Å². The summed E-state index contributed by atoms with van der Waals surface area (Å²) in [5, 5.41) is 13.2. The zero-order valence-corrected chi connectivity index (χ0v) is 18.9. The van der Waals surface area contributed by atoms with Crippen LogP contribution in [0.2, 0.25) is 0 Å². The maximum absolute atomic E-state index is 12.4. The number of nitriles is 1. The largest absolute Gasteiger partial charge is 0.483 e. The minimum Gasteiger partial charge on any atom is -0.483 e. The lowest BCUT2D eigenvalue weighted by atomic mass is 10.0. The van der Waals surface area contributed by atoms with Crippen molar-refractivity contribution < 1.29 is 9.53 Å². The van der Waals surface area contributed by atoms with Gasteiger partial charge in [0.25, 0.3) is 5.91 Å². The van der Waals surface area contributed by atoms with Crippen LogP contribution >= 0.6 is 23.7 Å². The normalized spacial score (nSPS) is 12.9. The van der Waals surface area contributed by atoms with Gasteiger partial charge in [0.05, 0.1) is 5.56 Å². The number of carbonyl (C=O) groups excluding carboxylic acids is 1. The van der Waals surface area contributed by atoms with Crippen LogP contribution in [0, 0.1) is 18.3 Å². The van der Waals surface area contributed by atoms with Crippen LogP contribution in [-0.2, 0) is 24.3 Å². The molecule has 1 aromatic heterocycles. The molecular weight excluding hydrogens is 430 g/mol. The quantitative estimate of drug-likeness (QED) is 0.575. The third-order valence-electron chi connectivity index (χ3n) is 5.20. The van der Waals surface area contributed by atoms with Gasteiger partial charge in [0.15, 0.2) is 6.61 Å². The number of para-hydroxylation sites is 1. The summed E-state index contributed by atoms with van der Waals surface area (Å²) in [4.78, 5) is 16.0. The third kappa shape index (κ3) is 5.45. The van der Waals surface area contributed by atoms with E-state index < -0.39 is 0 Å². The Morgan fingerprint density at radius 3 is 2.68 bits per heavy atom. The molecule has 7 heteroatoms. The molecule has 1 aliphatic rings. The Hall–Kier alpha value is -2.85. The molecule has 0 radical (unpaired) electrons. The number of carbonyl (C=O) groups is 1. The molecule has 5 nitrogen and oxygen atoms in total. The summed E-state index contributed by atoms with van der Waals surface area (Å²) in [5.74, 6) is 0.435. The number of ether oxygens (including phenoxy) is 1. The number of benzene rings is 2. The lowest BCUT2D eigenvalue weighted by Crippen LogP contribution is -2.29. The topological polar surface area (TPSA) is 65.4 Å². The first-order valence-electron chi connectivity index (χ1n) is 9.93. The van der Waals surface area contributed by atoms with Crippen LogP contribution in [0.15, 0.2) is 54.6 Å². The van der Waals surface area contributed by atoms with Gasteiger partial charge in [-0.25, -0.2) is 0 Å². The van der Waals surface area contributed by atoms with Gasteiger partial charge < -0.3 is 10.1 Å². The number of anilines is 1. The molecule has 0 atom stereocenters. The van der Waals surface area contributed by atoms with Crippen molar-refractivity contribution in [2.24, 2.45) is 0 Å². The van der Waals surface area contributed by atoms with Crippen molar-refractivity contribution in [3.8, 4) is 11.8 Å². The zero-order valence-electron chi connectivity index (χ0n) is 17.3. The molecule has 2 aromatic carbocycles. The Labute approximate surface area is 192 Å². The summed E-state index contributed by atoms with van der Waals surface area (Å²) >= 11 is 1.50. The molecule has 1 N–H and O–H groups in total. The van der Waals surface area contributed by atoms with Gasteiger partial charge in [-0.3, -0.25) is 9.69 Å². The average Bonchev–Trinajstić information content (AvgIpc) is 3.10. The number of hydrogen-bond donors (Lipinski definition) is 1. The summed E-state index contributed by atoms with van der Waals surface area (Å²) in [6.45, 7) is 4.43. The second-order valence-electron chi connectivity index (χ2n) is 7.37. The van der Waals surface area contributed by atoms with Crippen LogP contribution in [0.5, 0.6) is 5.75 Å². The molecule has 2 heterocycles. The number of nitrogens with one attached hydrogen (secondary N) is 1. The van der Waals surface area contributed by atoms with Crippen LogP contribution in [0.4, 0.5) is 5.00 Å². The van der Waals surface area contributed by atoms with E-state index in [9.17, 15) is 10.1 Å². The number of nitrogens with zero attached hydrogens (tertiary/aromatic N) is 2. The van der Waals surface area contributed by atoms with Crippen molar-refractivity contribution in [2.75, 3.05) is 18.5 Å². The van der Waals surface area contributed by atoms with Crippen molar-refractivity contribution in [1.82, 2.24) is 4.90 Å². The van der Waals surface area contributed by atoms with Crippen molar-refractivity contribution >= 4 is 34.7 Å². The Morgan fingerprint density at radius 1 is 1.19 bits per heavy atom. The molecule has 3 aromatic rings. The number of aryl methyl sites for hydroxylation is 1. The molecule has 1 aliphatic heterocycles. The minimum absolute atomic E-state index is 0. The Bertz CT molecular complexity index is 1090. The predicted octanol–water partition coefficient (Wildman–Crippen LogP) is 4.93. The molecule has 0 bridgehead atoms. The summed E-state index contributed by atoms with van der Waals surface area (Å²) in [7, 11) is 0. The van der Waals surface area contributed by atoms with E-state index in [0.29, 0.717) is 16.3 Å². The number of hydrogen-bond acceptors (Lipinski definition) is 5. The first-order chi connectivity index (χ1) is 14.6. The van der Waals surface area contributed by atoms with E-state index in [1.165, 1.54) is 16.9 Å². The molecule has 0 saturated heterocycles. The van der Waals surface area contributed by atoms with E-state index in [0.717, 1.165) is 42.1 Å². The monoisotopic (exact) mass is 453 g/mol. The highest BCUT2D eigenvalue weighted by Gasteiger charge is 2.25. The van der Waals surface area contributed by atoms with Gasteiger partial charge in [-0.2, -0.15) is 5.26 Å². The van der Waals surface area contributed by atoms with Crippen LogP contribution in [0.1, 0.15) is 27.1 Å². The molecule has 0 saturated carbocycles. The fourth-order valence-electron chi connectivity index (χ4n) is 3.66. The van der Waals surface area contributed by atoms with Crippen LogP contribution in [-0.4, -0.2) is 24.0 Å². The second kappa shape index (κ2) is 10.5. The second-order valence-corrected chi connectivity index (χ2v) is 8.47. The summed E-state index contributed by atoms with van der Waals surface area (Å²) in [6, 6.07) is 20.3. The zero-order chi connectivity index (χ0) is 20.9. The number of rotatable bonds is 6. The van der Waals surface area contributed by atoms with Crippen LogP contribution in [0.3, 0.4) is 0 Å².